The Balaban J connectivity index is 1.66. The van der Waals surface area contributed by atoms with Crippen LogP contribution in [0, 0.1) is 5.82 Å². The molecule has 1 atom stereocenters. The Morgan fingerprint density at radius 1 is 1.15 bits per heavy atom. The van der Waals surface area contributed by atoms with Crippen molar-refractivity contribution in [2.75, 3.05) is 12.0 Å². The van der Waals surface area contributed by atoms with E-state index >= 15 is 0 Å². The van der Waals surface area contributed by atoms with Crippen LogP contribution >= 0.6 is 23.6 Å². The summed E-state index contributed by atoms with van der Waals surface area (Å²) in [5.74, 6) is 1.31. The van der Waals surface area contributed by atoms with E-state index in [4.69, 9.17) is 21.5 Å². The highest BCUT2D eigenvalue weighted by Crippen LogP contribution is 2.40. The van der Waals surface area contributed by atoms with Crippen molar-refractivity contribution in [2.24, 2.45) is 0 Å². The lowest BCUT2D eigenvalue weighted by Crippen LogP contribution is -2.46. The predicted octanol–water partition coefficient (Wildman–Crippen LogP) is 5.81. The number of allylic oxidation sites excluding steroid dienone is 1. The van der Waals surface area contributed by atoms with E-state index in [0.29, 0.717) is 16.8 Å². The molecule has 6 nitrogen and oxygen atoms in total. The minimum absolute atomic E-state index is 0.316. The number of thiophene rings is 1. The number of benzene rings is 2. The lowest BCUT2D eigenvalue weighted by atomic mass is 9.94. The van der Waals surface area contributed by atoms with Gasteiger partial charge in [0.05, 0.1) is 23.6 Å². The predicted molar refractivity (Wildman–Crippen MR) is 131 cm³/mol. The van der Waals surface area contributed by atoms with Crippen LogP contribution in [0.2, 0.25) is 0 Å². The largest absolute Gasteiger partial charge is 0.497 e. The van der Waals surface area contributed by atoms with Crippen molar-refractivity contribution in [3.63, 3.8) is 0 Å². The van der Waals surface area contributed by atoms with Gasteiger partial charge in [-0.15, -0.1) is 11.3 Å². The Hall–Kier alpha value is -3.56. The molecule has 9 heteroatoms. The van der Waals surface area contributed by atoms with Crippen molar-refractivity contribution < 1.29 is 13.7 Å². The lowest BCUT2D eigenvalue weighted by molar-refractivity contribution is 0.403. The van der Waals surface area contributed by atoms with Gasteiger partial charge in [0.2, 0.25) is 5.82 Å². The molecule has 0 saturated heterocycles. The summed E-state index contributed by atoms with van der Waals surface area (Å²) >= 11 is 7.26. The lowest BCUT2D eigenvalue weighted by Gasteiger charge is -2.37. The molecule has 1 unspecified atom stereocenters. The van der Waals surface area contributed by atoms with Crippen LogP contribution in [-0.4, -0.2) is 22.4 Å². The summed E-state index contributed by atoms with van der Waals surface area (Å²) < 4.78 is 24.7. The summed E-state index contributed by atoms with van der Waals surface area (Å²) in [5, 5.41) is 10.0. The van der Waals surface area contributed by atoms with E-state index in [-0.39, 0.29) is 11.9 Å². The summed E-state index contributed by atoms with van der Waals surface area (Å²) in [4.78, 5) is 7.44. The van der Waals surface area contributed by atoms with Gasteiger partial charge in [-0.3, -0.25) is 4.90 Å². The third-order valence-electron chi connectivity index (χ3n) is 5.39. The first-order valence-corrected chi connectivity index (χ1v) is 11.4. The number of hydrogen-bond acceptors (Lipinski definition) is 6. The maximum absolute atomic E-state index is 13.6. The molecule has 0 bridgehead atoms. The molecule has 33 heavy (non-hydrogen) atoms. The fourth-order valence-electron chi connectivity index (χ4n) is 3.83. The van der Waals surface area contributed by atoms with E-state index < -0.39 is 0 Å². The number of nitrogens with zero attached hydrogens (tertiary/aromatic N) is 3. The number of anilines is 1. The molecule has 5 rings (SSSR count). The Morgan fingerprint density at radius 3 is 2.70 bits per heavy atom. The van der Waals surface area contributed by atoms with Crippen LogP contribution in [-0.2, 0) is 0 Å². The van der Waals surface area contributed by atoms with E-state index in [1.54, 1.807) is 19.2 Å². The zero-order valence-corrected chi connectivity index (χ0v) is 19.4. The average Bonchev–Trinajstić information content (AvgIpc) is 3.52. The maximum atomic E-state index is 13.6. The Labute approximate surface area is 199 Å². The van der Waals surface area contributed by atoms with Crippen LogP contribution in [0.1, 0.15) is 24.4 Å². The van der Waals surface area contributed by atoms with Crippen LogP contribution < -0.4 is 15.0 Å². The van der Waals surface area contributed by atoms with Crippen molar-refractivity contribution in [1.82, 2.24) is 15.5 Å². The zero-order valence-electron chi connectivity index (χ0n) is 17.8. The van der Waals surface area contributed by atoms with Crippen LogP contribution in [0.25, 0.3) is 16.3 Å². The molecule has 0 spiro atoms. The van der Waals surface area contributed by atoms with Gasteiger partial charge in [0, 0.05) is 11.4 Å². The molecule has 1 aliphatic rings. The minimum Gasteiger partial charge on any atom is -0.497 e. The van der Waals surface area contributed by atoms with Crippen LogP contribution in [0.3, 0.4) is 0 Å². The molecule has 0 radical (unpaired) electrons. The van der Waals surface area contributed by atoms with E-state index in [0.717, 1.165) is 33.1 Å². The smallest absolute Gasteiger partial charge is 0.258 e. The monoisotopic (exact) mass is 478 g/mol. The summed E-state index contributed by atoms with van der Waals surface area (Å²) in [6, 6.07) is 17.4. The quantitative estimate of drug-likeness (QED) is 0.363. The molecule has 0 saturated carbocycles. The van der Waals surface area contributed by atoms with Gasteiger partial charge in [0.15, 0.2) is 5.11 Å². The number of aromatic nitrogens is 2. The van der Waals surface area contributed by atoms with Crippen LogP contribution in [0.15, 0.2) is 76.3 Å². The average molecular weight is 479 g/mol. The standard InChI is InChI=1S/C24H19FN4O2S2/c1-14-20(23-27-22(28-31-23)19-7-4-12-33-19)21(15-5-3-6-18(13-15)30-2)26-24(32)29(14)17-10-8-16(25)9-11-17/h3-13,21H,1-2H3,(H,26,32). The number of rotatable bonds is 5. The van der Waals surface area contributed by atoms with Gasteiger partial charge in [-0.05, 0) is 72.5 Å². The summed E-state index contributed by atoms with van der Waals surface area (Å²) in [7, 11) is 1.63. The first kappa shape index (κ1) is 21.3. The molecule has 166 valence electrons. The van der Waals surface area contributed by atoms with E-state index in [1.165, 1.54) is 23.5 Å². The second-order valence-corrected chi connectivity index (χ2v) is 8.70. The molecule has 4 aromatic rings. The number of halogens is 1. The van der Waals surface area contributed by atoms with Gasteiger partial charge in [-0.2, -0.15) is 4.98 Å². The third-order valence-corrected chi connectivity index (χ3v) is 6.56. The fraction of sp³-hybridized carbons (Fsp3) is 0.125. The molecular weight excluding hydrogens is 459 g/mol. The van der Waals surface area contributed by atoms with Gasteiger partial charge in [-0.1, -0.05) is 23.4 Å². The first-order valence-electron chi connectivity index (χ1n) is 10.1. The molecule has 2 aromatic carbocycles. The van der Waals surface area contributed by atoms with Crippen LogP contribution in [0.4, 0.5) is 10.1 Å². The first-order chi connectivity index (χ1) is 16.0. The van der Waals surface area contributed by atoms with Gasteiger partial charge in [-0.25, -0.2) is 4.39 Å². The van der Waals surface area contributed by atoms with Gasteiger partial charge < -0.3 is 14.6 Å². The van der Waals surface area contributed by atoms with Gasteiger partial charge in [0.1, 0.15) is 11.6 Å². The van der Waals surface area contributed by atoms with E-state index in [9.17, 15) is 4.39 Å². The molecule has 3 heterocycles. The highest BCUT2D eigenvalue weighted by Gasteiger charge is 2.35. The van der Waals surface area contributed by atoms with Crippen molar-refractivity contribution in [2.45, 2.75) is 13.0 Å². The minimum atomic E-state index is -0.346. The fourth-order valence-corrected chi connectivity index (χ4v) is 4.84. The zero-order chi connectivity index (χ0) is 22.9. The van der Waals surface area contributed by atoms with Crippen molar-refractivity contribution >= 4 is 39.9 Å². The molecule has 1 N–H and O–H groups in total. The molecule has 1 aliphatic heterocycles. The molecule has 0 amide bonds. The summed E-state index contributed by atoms with van der Waals surface area (Å²) in [5.41, 5.74) is 3.24. The highest BCUT2D eigenvalue weighted by atomic mass is 32.1. The number of nitrogens with one attached hydrogen (secondary N) is 1. The SMILES string of the molecule is COc1cccc(C2NC(=S)N(c3ccc(F)cc3)C(C)=C2c2nc(-c3cccs3)no2)c1. The molecule has 0 fully saturated rings. The Bertz CT molecular complexity index is 1330. The number of hydrogen-bond donors (Lipinski definition) is 1. The van der Waals surface area contributed by atoms with E-state index in [1.807, 2.05) is 53.6 Å². The topological polar surface area (TPSA) is 63.4 Å². The molecule has 0 aliphatic carbocycles. The summed E-state index contributed by atoms with van der Waals surface area (Å²) in [6.45, 7) is 1.94. The number of methoxy groups -OCH3 is 1. The highest BCUT2D eigenvalue weighted by molar-refractivity contribution is 7.80. The molecule has 2 aromatic heterocycles. The van der Waals surface area contributed by atoms with Gasteiger partial charge >= 0.3 is 0 Å². The van der Waals surface area contributed by atoms with Crippen molar-refractivity contribution in [3.05, 3.63) is 89.0 Å². The van der Waals surface area contributed by atoms with Gasteiger partial charge in [0.25, 0.3) is 5.89 Å². The van der Waals surface area contributed by atoms with Crippen molar-refractivity contribution in [1.29, 1.82) is 0 Å². The second-order valence-electron chi connectivity index (χ2n) is 7.37. The number of ether oxygens (including phenoxy) is 1. The second kappa shape index (κ2) is 8.76. The third kappa shape index (κ3) is 4.01. The normalized spacial score (nSPS) is 16.2. The number of thiocarbonyl (C=S) groups is 1. The van der Waals surface area contributed by atoms with Crippen molar-refractivity contribution in [3.8, 4) is 16.5 Å². The summed E-state index contributed by atoms with van der Waals surface area (Å²) in [6.07, 6.45) is 0. The Kier molecular flexibility index (Phi) is 5.65. The maximum Gasteiger partial charge on any atom is 0.258 e. The van der Waals surface area contributed by atoms with E-state index in [2.05, 4.69) is 15.5 Å². The van der Waals surface area contributed by atoms with Crippen LogP contribution in [0.5, 0.6) is 5.75 Å². The molecular formula is C24H19FN4O2S2. The Morgan fingerprint density at radius 2 is 1.97 bits per heavy atom.